The number of nitrogens with two attached hydrogens (primary N) is 1. The van der Waals surface area contributed by atoms with Gasteiger partial charge in [0, 0.05) is 47.1 Å². The quantitative estimate of drug-likeness (QED) is 0.276. The summed E-state index contributed by atoms with van der Waals surface area (Å²) in [6.07, 6.45) is -1.48. The molecule has 1 aliphatic carbocycles. The SMILES string of the molecule is CC12CC(COc3nc(N4CC5CCC(C4)N5)c4cc(C(F)(F)F)c(-c5ccc(F)c6sc(N)nc56)c(F)c4n3)(CO1)C2. The van der Waals surface area contributed by atoms with E-state index in [-0.39, 0.29) is 73.3 Å². The van der Waals surface area contributed by atoms with Crippen LogP contribution >= 0.6 is 11.3 Å². The number of anilines is 2. The smallest absolute Gasteiger partial charge is 0.417 e. The molecule has 6 heterocycles. The average Bonchev–Trinajstić information content (AvgIpc) is 3.68. The molecule has 2 unspecified atom stereocenters. The number of halogens is 5. The molecule has 2 aromatic carbocycles. The molecular formula is C29H27F5N6O2S. The zero-order valence-electron chi connectivity index (χ0n) is 23.0. The standard InChI is InChI=1S/C29H27F5N6O2S/c1-27-9-28(10-27,12-42-27)11-41-26-38-21-16(24(39-26)40-7-13-2-3-14(8-40)36-13)6-17(29(32,33)34)19(20(21)31)15-4-5-18(30)23-22(15)37-25(35)43-23/h4-6,13-14,36H,2-3,7-12H2,1H3,(H2,35,37). The number of thiazole rings is 1. The van der Waals surface area contributed by atoms with Crippen LogP contribution in [-0.2, 0) is 10.9 Å². The van der Waals surface area contributed by atoms with E-state index in [1.54, 1.807) is 0 Å². The van der Waals surface area contributed by atoms with E-state index in [0.717, 1.165) is 55.2 Å². The largest absolute Gasteiger partial charge is 0.463 e. The topological polar surface area (TPSA) is 98.4 Å². The maximum absolute atomic E-state index is 16.7. The van der Waals surface area contributed by atoms with Gasteiger partial charge < -0.3 is 25.4 Å². The van der Waals surface area contributed by atoms with E-state index in [4.69, 9.17) is 15.2 Å². The van der Waals surface area contributed by atoms with Crippen LogP contribution in [0.5, 0.6) is 6.01 Å². The molecule has 9 rings (SSSR count). The third-order valence-electron chi connectivity index (χ3n) is 9.23. The maximum atomic E-state index is 16.7. The van der Waals surface area contributed by atoms with E-state index < -0.39 is 28.9 Å². The first-order valence-electron chi connectivity index (χ1n) is 14.1. The first-order valence-corrected chi connectivity index (χ1v) is 15.0. The number of rotatable bonds is 5. The van der Waals surface area contributed by atoms with Gasteiger partial charge in [-0.05, 0) is 50.8 Å². The van der Waals surface area contributed by atoms with Gasteiger partial charge in [-0.25, -0.2) is 13.8 Å². The van der Waals surface area contributed by atoms with Crippen LogP contribution in [0.1, 0.15) is 38.2 Å². The van der Waals surface area contributed by atoms with Crippen molar-refractivity contribution >= 4 is 43.4 Å². The molecule has 43 heavy (non-hydrogen) atoms. The second-order valence-corrected chi connectivity index (χ2v) is 13.6. The highest BCUT2D eigenvalue weighted by Gasteiger charge is 2.60. The van der Waals surface area contributed by atoms with Gasteiger partial charge in [0.15, 0.2) is 10.9 Å². The predicted octanol–water partition coefficient (Wildman–Crippen LogP) is 5.67. The summed E-state index contributed by atoms with van der Waals surface area (Å²) in [4.78, 5) is 14.9. The van der Waals surface area contributed by atoms with Gasteiger partial charge in [0.2, 0.25) is 0 Å². The zero-order chi connectivity index (χ0) is 29.9. The molecule has 4 saturated heterocycles. The van der Waals surface area contributed by atoms with E-state index in [9.17, 15) is 17.6 Å². The van der Waals surface area contributed by atoms with Crippen molar-refractivity contribution in [2.75, 3.05) is 36.9 Å². The van der Waals surface area contributed by atoms with Crippen LogP contribution in [0.3, 0.4) is 0 Å². The summed E-state index contributed by atoms with van der Waals surface area (Å²) in [5.74, 6) is -1.73. The van der Waals surface area contributed by atoms with Gasteiger partial charge in [0.05, 0.1) is 34.6 Å². The Morgan fingerprint density at radius 3 is 2.53 bits per heavy atom. The normalized spacial score (nSPS) is 28.2. The van der Waals surface area contributed by atoms with Crippen molar-refractivity contribution in [1.29, 1.82) is 0 Å². The van der Waals surface area contributed by atoms with Gasteiger partial charge in [-0.3, -0.25) is 0 Å². The van der Waals surface area contributed by atoms with Gasteiger partial charge in [0.25, 0.3) is 0 Å². The highest BCUT2D eigenvalue weighted by atomic mass is 32.1. The van der Waals surface area contributed by atoms with E-state index in [2.05, 4.69) is 20.3 Å². The van der Waals surface area contributed by atoms with E-state index >= 15 is 4.39 Å². The number of fused-ring (bicyclic) bond motifs is 5. The van der Waals surface area contributed by atoms with Crippen molar-refractivity contribution in [2.45, 2.75) is 56.5 Å². The van der Waals surface area contributed by atoms with Crippen molar-refractivity contribution in [1.82, 2.24) is 20.3 Å². The fourth-order valence-corrected chi connectivity index (χ4v) is 8.34. The van der Waals surface area contributed by atoms with Crippen molar-refractivity contribution in [2.24, 2.45) is 5.41 Å². The molecule has 2 aromatic heterocycles. The lowest BCUT2D eigenvalue weighted by atomic mass is 9.64. The number of nitrogen functional groups attached to an aromatic ring is 1. The first-order chi connectivity index (χ1) is 20.4. The van der Waals surface area contributed by atoms with Gasteiger partial charge in [-0.1, -0.05) is 11.3 Å². The number of nitrogens with zero attached hydrogens (tertiary/aromatic N) is 4. The Hall–Kier alpha value is -3.36. The molecule has 226 valence electrons. The fraction of sp³-hybridized carbons (Fsp3) is 0.483. The van der Waals surface area contributed by atoms with Crippen LogP contribution in [0.25, 0.3) is 32.2 Å². The Morgan fingerprint density at radius 2 is 1.86 bits per heavy atom. The number of alkyl halides is 3. The zero-order valence-corrected chi connectivity index (χ0v) is 23.8. The molecule has 1 saturated carbocycles. The first kappa shape index (κ1) is 27.2. The maximum Gasteiger partial charge on any atom is 0.417 e. The fourth-order valence-electron chi connectivity index (χ4n) is 7.57. The number of hydrogen-bond acceptors (Lipinski definition) is 9. The Bertz CT molecular complexity index is 1790. The van der Waals surface area contributed by atoms with E-state index in [1.807, 2.05) is 11.8 Å². The highest BCUT2D eigenvalue weighted by molar-refractivity contribution is 7.22. The molecule has 3 N–H and O–H groups in total. The summed E-state index contributed by atoms with van der Waals surface area (Å²) >= 11 is 0.782. The second-order valence-electron chi connectivity index (χ2n) is 12.6. The van der Waals surface area contributed by atoms with Crippen LogP contribution in [0.4, 0.5) is 32.9 Å². The molecule has 0 radical (unpaired) electrons. The molecule has 0 amide bonds. The summed E-state index contributed by atoms with van der Waals surface area (Å²) < 4.78 is 87.2. The number of hydrogen-bond donors (Lipinski definition) is 2. The lowest BCUT2D eigenvalue weighted by Gasteiger charge is -2.41. The van der Waals surface area contributed by atoms with Crippen molar-refractivity contribution < 1.29 is 31.4 Å². The second kappa shape index (κ2) is 9.08. The lowest BCUT2D eigenvalue weighted by Crippen LogP contribution is -2.51. The van der Waals surface area contributed by atoms with Gasteiger partial charge in [-0.2, -0.15) is 23.1 Å². The van der Waals surface area contributed by atoms with Crippen molar-refractivity contribution in [3.8, 4) is 17.1 Å². The summed E-state index contributed by atoms with van der Waals surface area (Å²) in [5, 5.41) is 3.38. The Morgan fingerprint density at radius 1 is 1.12 bits per heavy atom. The van der Waals surface area contributed by atoms with Gasteiger partial charge in [-0.15, -0.1) is 0 Å². The molecule has 0 spiro atoms. The number of benzene rings is 2. The number of piperazine rings is 1. The minimum absolute atomic E-state index is 0.0490. The van der Waals surface area contributed by atoms with Gasteiger partial charge >= 0.3 is 12.2 Å². The average molecular weight is 619 g/mol. The van der Waals surface area contributed by atoms with Crippen LogP contribution in [-0.4, -0.2) is 58.9 Å². The molecule has 4 aromatic rings. The van der Waals surface area contributed by atoms with E-state index in [0.29, 0.717) is 19.7 Å². The molecule has 4 aliphatic heterocycles. The Kier molecular flexibility index (Phi) is 5.75. The minimum Gasteiger partial charge on any atom is -0.463 e. The highest BCUT2D eigenvalue weighted by Crippen LogP contribution is 2.57. The summed E-state index contributed by atoms with van der Waals surface area (Å²) in [7, 11) is 0. The summed E-state index contributed by atoms with van der Waals surface area (Å²) in [5.41, 5.74) is 2.72. The number of ether oxygens (including phenoxy) is 2. The van der Waals surface area contributed by atoms with Gasteiger partial charge in [0.1, 0.15) is 17.2 Å². The lowest BCUT2D eigenvalue weighted by molar-refractivity contribution is -0.137. The third-order valence-corrected chi connectivity index (χ3v) is 10.1. The van der Waals surface area contributed by atoms with Crippen molar-refractivity contribution in [3.05, 3.63) is 35.4 Å². The minimum atomic E-state index is -4.96. The predicted molar refractivity (Wildman–Crippen MR) is 151 cm³/mol. The molecule has 14 heteroatoms. The van der Waals surface area contributed by atoms with Crippen LogP contribution in [0.2, 0.25) is 0 Å². The molecular weight excluding hydrogens is 591 g/mol. The van der Waals surface area contributed by atoms with Crippen LogP contribution in [0.15, 0.2) is 18.2 Å². The monoisotopic (exact) mass is 618 g/mol. The Labute approximate surface area is 246 Å². The number of aromatic nitrogens is 3. The molecule has 4 bridgehead atoms. The molecule has 8 nitrogen and oxygen atoms in total. The van der Waals surface area contributed by atoms with Crippen molar-refractivity contribution in [3.63, 3.8) is 0 Å². The van der Waals surface area contributed by atoms with E-state index in [1.165, 1.54) is 0 Å². The molecule has 5 fully saturated rings. The summed E-state index contributed by atoms with van der Waals surface area (Å²) in [6.45, 7) is 3.81. The molecule has 5 aliphatic rings. The molecule has 2 atom stereocenters. The van der Waals surface area contributed by atoms with Crippen LogP contribution < -0.4 is 20.7 Å². The number of nitrogens with one attached hydrogen (secondary N) is 1. The summed E-state index contributed by atoms with van der Waals surface area (Å²) in [6, 6.07) is 3.15. The Balaban J connectivity index is 1.33. The van der Waals surface area contributed by atoms with Crippen LogP contribution in [0, 0.1) is 17.0 Å². The third kappa shape index (κ3) is 4.32.